The molecule has 0 unspecified atom stereocenters. The van der Waals surface area contributed by atoms with Gasteiger partial charge in [-0.1, -0.05) is 0 Å². The summed E-state index contributed by atoms with van der Waals surface area (Å²) >= 11 is 0. The predicted molar refractivity (Wildman–Crippen MR) is 80.1 cm³/mol. The number of carbonyl (C=O) groups excluding carboxylic acids is 3. The standard InChI is InChI=1S/C15H14N4O5/c1-8-11(14(21)24-9(2)12(20)18-15(17)22)10(7-16)13(23-8)19-5-3-4-6-19/h3-6,9H,1-2H3,(H3,17,18,20,22)/t9-/m0/s1. The molecule has 9 nitrogen and oxygen atoms in total. The van der Waals surface area contributed by atoms with E-state index in [9.17, 15) is 19.6 Å². The number of urea groups is 1. The molecule has 0 aliphatic rings. The average Bonchev–Trinajstić information content (AvgIpc) is 3.12. The quantitative estimate of drug-likeness (QED) is 0.801. The van der Waals surface area contributed by atoms with Gasteiger partial charge in [0.15, 0.2) is 6.10 Å². The molecule has 1 atom stereocenters. The second-order valence-corrected chi connectivity index (χ2v) is 4.82. The lowest BCUT2D eigenvalue weighted by molar-refractivity contribution is -0.127. The normalized spacial score (nSPS) is 11.4. The number of amides is 3. The lowest BCUT2D eigenvalue weighted by Gasteiger charge is -2.11. The maximum Gasteiger partial charge on any atom is 0.343 e. The molecule has 2 rings (SSSR count). The van der Waals surface area contributed by atoms with Crippen LogP contribution in [0.4, 0.5) is 4.79 Å². The molecule has 2 aromatic rings. The van der Waals surface area contributed by atoms with Gasteiger partial charge in [0.05, 0.1) is 0 Å². The Bertz CT molecular complexity index is 829. The van der Waals surface area contributed by atoms with E-state index in [-0.39, 0.29) is 22.8 Å². The highest BCUT2D eigenvalue weighted by atomic mass is 16.5. The second-order valence-electron chi connectivity index (χ2n) is 4.82. The molecule has 2 aromatic heterocycles. The summed E-state index contributed by atoms with van der Waals surface area (Å²) in [5.74, 6) is -1.46. The fourth-order valence-corrected chi connectivity index (χ4v) is 2.03. The van der Waals surface area contributed by atoms with E-state index < -0.39 is 24.0 Å². The first-order valence-electron chi connectivity index (χ1n) is 6.83. The number of nitrogens with one attached hydrogen (secondary N) is 1. The number of nitrogens with zero attached hydrogens (tertiary/aromatic N) is 2. The van der Waals surface area contributed by atoms with Crippen LogP contribution < -0.4 is 11.1 Å². The molecular formula is C15H14N4O5. The summed E-state index contributed by atoms with van der Waals surface area (Å²) in [7, 11) is 0. The third-order valence-electron chi connectivity index (χ3n) is 3.12. The summed E-state index contributed by atoms with van der Waals surface area (Å²) in [5.41, 5.74) is 4.73. The Labute approximate surface area is 136 Å². The summed E-state index contributed by atoms with van der Waals surface area (Å²) in [6.07, 6.45) is 2.02. The molecule has 0 saturated carbocycles. The van der Waals surface area contributed by atoms with E-state index in [1.54, 1.807) is 29.8 Å². The van der Waals surface area contributed by atoms with E-state index in [1.165, 1.54) is 18.4 Å². The van der Waals surface area contributed by atoms with Gasteiger partial charge in [-0.25, -0.2) is 9.59 Å². The van der Waals surface area contributed by atoms with Gasteiger partial charge in [0, 0.05) is 12.4 Å². The average molecular weight is 330 g/mol. The minimum Gasteiger partial charge on any atom is -0.449 e. The van der Waals surface area contributed by atoms with Crippen LogP contribution in [0, 0.1) is 18.3 Å². The van der Waals surface area contributed by atoms with Gasteiger partial charge in [-0.05, 0) is 26.0 Å². The highest BCUT2D eigenvalue weighted by Crippen LogP contribution is 2.26. The number of esters is 1. The number of hydrogen-bond acceptors (Lipinski definition) is 6. The summed E-state index contributed by atoms with van der Waals surface area (Å²) < 4.78 is 12.0. The SMILES string of the molecule is Cc1oc(-n2cccc2)c(C#N)c1C(=O)O[C@@H](C)C(=O)NC(N)=O. The molecule has 0 saturated heterocycles. The molecule has 124 valence electrons. The molecule has 3 N–H and O–H groups in total. The summed E-state index contributed by atoms with van der Waals surface area (Å²) in [6.45, 7) is 2.77. The van der Waals surface area contributed by atoms with Crippen LogP contribution in [0.3, 0.4) is 0 Å². The van der Waals surface area contributed by atoms with Crippen molar-refractivity contribution in [1.29, 1.82) is 5.26 Å². The van der Waals surface area contributed by atoms with Crippen LogP contribution in [-0.4, -0.2) is 28.6 Å². The Balaban J connectivity index is 2.29. The lowest BCUT2D eigenvalue weighted by Crippen LogP contribution is -2.42. The third-order valence-corrected chi connectivity index (χ3v) is 3.12. The monoisotopic (exact) mass is 330 g/mol. The van der Waals surface area contributed by atoms with Crippen LogP contribution in [0.1, 0.15) is 28.6 Å². The zero-order valence-electron chi connectivity index (χ0n) is 12.9. The molecule has 0 aromatic carbocycles. The maximum absolute atomic E-state index is 12.3. The van der Waals surface area contributed by atoms with Crippen LogP contribution in [0.5, 0.6) is 0 Å². The molecule has 24 heavy (non-hydrogen) atoms. The Hall–Kier alpha value is -3.54. The van der Waals surface area contributed by atoms with Crippen molar-refractivity contribution < 1.29 is 23.5 Å². The molecule has 0 bridgehead atoms. The first-order chi connectivity index (χ1) is 11.3. The minimum atomic E-state index is -1.28. The zero-order chi connectivity index (χ0) is 17.9. The second kappa shape index (κ2) is 6.70. The van der Waals surface area contributed by atoms with Crippen LogP contribution in [0.25, 0.3) is 5.88 Å². The number of aryl methyl sites for hydroxylation is 1. The number of aromatic nitrogens is 1. The number of primary amides is 1. The Kier molecular flexibility index (Phi) is 4.70. The molecule has 9 heteroatoms. The van der Waals surface area contributed by atoms with Crippen LogP contribution in [0.15, 0.2) is 28.9 Å². The fraction of sp³-hybridized carbons (Fsp3) is 0.200. The van der Waals surface area contributed by atoms with E-state index in [4.69, 9.17) is 14.9 Å². The zero-order valence-corrected chi connectivity index (χ0v) is 12.9. The van der Waals surface area contributed by atoms with Gasteiger partial charge in [-0.3, -0.25) is 14.7 Å². The number of imide groups is 1. The Morgan fingerprint density at radius 1 is 1.38 bits per heavy atom. The van der Waals surface area contributed by atoms with Crippen molar-refractivity contribution >= 4 is 17.9 Å². The van der Waals surface area contributed by atoms with E-state index in [0.29, 0.717) is 0 Å². The number of rotatable bonds is 4. The number of ether oxygens (including phenoxy) is 1. The van der Waals surface area contributed by atoms with Gasteiger partial charge in [0.2, 0.25) is 5.88 Å². The molecule has 3 amide bonds. The highest BCUT2D eigenvalue weighted by molar-refractivity contribution is 5.99. The molecule has 2 heterocycles. The number of carbonyl (C=O) groups is 3. The smallest absolute Gasteiger partial charge is 0.343 e. The van der Waals surface area contributed by atoms with Crippen molar-refractivity contribution in [3.8, 4) is 12.0 Å². The van der Waals surface area contributed by atoms with Crippen LogP contribution in [-0.2, 0) is 9.53 Å². The van der Waals surface area contributed by atoms with E-state index >= 15 is 0 Å². The van der Waals surface area contributed by atoms with Crippen molar-refractivity contribution in [2.24, 2.45) is 5.73 Å². The van der Waals surface area contributed by atoms with Gasteiger partial charge in [-0.15, -0.1) is 0 Å². The largest absolute Gasteiger partial charge is 0.449 e. The van der Waals surface area contributed by atoms with Gasteiger partial charge >= 0.3 is 12.0 Å². The Morgan fingerprint density at radius 3 is 2.54 bits per heavy atom. The molecule has 0 radical (unpaired) electrons. The van der Waals surface area contributed by atoms with Gasteiger partial charge in [0.25, 0.3) is 5.91 Å². The number of nitriles is 1. The summed E-state index contributed by atoms with van der Waals surface area (Å²) in [4.78, 5) is 34.5. The summed E-state index contributed by atoms with van der Waals surface area (Å²) in [5, 5.41) is 11.2. The highest BCUT2D eigenvalue weighted by Gasteiger charge is 2.28. The topological polar surface area (TPSA) is 140 Å². The van der Waals surface area contributed by atoms with Crippen molar-refractivity contribution in [3.05, 3.63) is 41.4 Å². The van der Waals surface area contributed by atoms with Crippen LogP contribution >= 0.6 is 0 Å². The van der Waals surface area contributed by atoms with Gasteiger partial charge in [-0.2, -0.15) is 5.26 Å². The molecule has 0 fully saturated rings. The maximum atomic E-state index is 12.3. The van der Waals surface area contributed by atoms with Crippen molar-refractivity contribution in [2.75, 3.05) is 0 Å². The molecule has 0 spiro atoms. The van der Waals surface area contributed by atoms with Crippen molar-refractivity contribution in [1.82, 2.24) is 9.88 Å². The van der Waals surface area contributed by atoms with Crippen LogP contribution in [0.2, 0.25) is 0 Å². The first kappa shape index (κ1) is 16.8. The van der Waals surface area contributed by atoms with Crippen molar-refractivity contribution in [2.45, 2.75) is 20.0 Å². The molecular weight excluding hydrogens is 316 g/mol. The molecule has 0 aliphatic carbocycles. The van der Waals surface area contributed by atoms with E-state index in [1.807, 2.05) is 6.07 Å². The lowest BCUT2D eigenvalue weighted by atomic mass is 10.1. The summed E-state index contributed by atoms with van der Waals surface area (Å²) in [6, 6.07) is 4.30. The first-order valence-corrected chi connectivity index (χ1v) is 6.83. The van der Waals surface area contributed by atoms with Crippen molar-refractivity contribution in [3.63, 3.8) is 0 Å². The molecule has 0 aliphatic heterocycles. The number of furan rings is 1. The van der Waals surface area contributed by atoms with E-state index in [2.05, 4.69) is 0 Å². The third kappa shape index (κ3) is 3.27. The van der Waals surface area contributed by atoms with Gasteiger partial charge < -0.3 is 14.9 Å². The minimum absolute atomic E-state index is 0.0174. The van der Waals surface area contributed by atoms with Gasteiger partial charge in [0.1, 0.15) is 23.0 Å². The fourth-order valence-electron chi connectivity index (χ4n) is 2.03. The predicted octanol–water partition coefficient (Wildman–Crippen LogP) is 0.991. The number of hydrogen-bond donors (Lipinski definition) is 2. The number of nitrogens with two attached hydrogens (primary N) is 1. The van der Waals surface area contributed by atoms with E-state index in [0.717, 1.165) is 0 Å². The Morgan fingerprint density at radius 2 is 2.00 bits per heavy atom.